The Morgan fingerprint density at radius 3 is 2.14 bits per heavy atom. The predicted molar refractivity (Wildman–Crippen MR) is 109 cm³/mol. The highest BCUT2D eigenvalue weighted by atomic mass is 32.2. The normalized spacial score (nSPS) is 11.2. The first-order valence-corrected chi connectivity index (χ1v) is 10.2. The maximum absolute atomic E-state index is 13.1. The van der Waals surface area contributed by atoms with E-state index in [0.717, 1.165) is 0 Å². The monoisotopic (exact) mass is 407 g/mol. The van der Waals surface area contributed by atoms with Gasteiger partial charge in [-0.3, -0.25) is 4.72 Å². The number of sulfonamides is 1. The summed E-state index contributed by atoms with van der Waals surface area (Å²) in [6.07, 6.45) is 1.37. The molecule has 8 heteroatoms. The maximum Gasteiger partial charge on any atom is 0.283 e. The Morgan fingerprint density at radius 1 is 0.897 bits per heavy atom. The predicted octanol–water partition coefficient (Wildman–Crippen LogP) is 4.21. The first-order chi connectivity index (χ1) is 14.1. The fourth-order valence-corrected chi connectivity index (χ4v) is 3.86. The van der Waals surface area contributed by atoms with Crippen LogP contribution in [0.5, 0.6) is 5.88 Å². The number of aromatic nitrogens is 2. The van der Waals surface area contributed by atoms with Crippen molar-refractivity contribution in [3.8, 4) is 28.7 Å². The topological polar surface area (TPSA) is 94.3 Å². The third kappa shape index (κ3) is 3.97. The van der Waals surface area contributed by atoms with Gasteiger partial charge in [-0.05, 0) is 18.2 Å². The number of methoxy groups -OCH3 is 1. The molecule has 1 N–H and O–H groups in total. The highest BCUT2D eigenvalue weighted by Gasteiger charge is 2.27. The van der Waals surface area contributed by atoms with E-state index in [9.17, 15) is 8.42 Å². The molecule has 2 aromatic heterocycles. The van der Waals surface area contributed by atoms with Crippen LogP contribution in [-0.4, -0.2) is 25.5 Å². The number of nitrogens with zero attached hydrogens (tertiary/aromatic N) is 2. The second-order valence-electron chi connectivity index (χ2n) is 6.08. The summed E-state index contributed by atoms with van der Waals surface area (Å²) in [6, 6.07) is 21.2. The van der Waals surface area contributed by atoms with Gasteiger partial charge in [-0.1, -0.05) is 48.5 Å². The molecule has 2 aromatic carbocycles. The number of hydrogen-bond donors (Lipinski definition) is 1. The number of nitrogens with one attached hydrogen (secondary N) is 1. The van der Waals surface area contributed by atoms with E-state index < -0.39 is 10.0 Å². The second-order valence-corrected chi connectivity index (χ2v) is 7.68. The lowest BCUT2D eigenvalue weighted by atomic mass is 10.2. The van der Waals surface area contributed by atoms with Gasteiger partial charge in [0, 0.05) is 17.2 Å². The Morgan fingerprint density at radius 2 is 1.55 bits per heavy atom. The van der Waals surface area contributed by atoms with E-state index in [2.05, 4.69) is 14.7 Å². The molecule has 146 valence electrons. The minimum Gasteiger partial charge on any atom is -0.481 e. The number of ether oxygens (including phenoxy) is 1. The molecule has 29 heavy (non-hydrogen) atoms. The van der Waals surface area contributed by atoms with Gasteiger partial charge in [0.2, 0.25) is 16.8 Å². The number of pyridine rings is 1. The van der Waals surface area contributed by atoms with Crippen LogP contribution in [0.4, 0.5) is 5.69 Å². The molecule has 0 aliphatic heterocycles. The Labute approximate surface area is 168 Å². The van der Waals surface area contributed by atoms with E-state index in [1.807, 2.05) is 24.3 Å². The Balaban J connectivity index is 1.79. The summed E-state index contributed by atoms with van der Waals surface area (Å²) in [6.45, 7) is 0. The molecule has 0 atom stereocenters. The first kappa shape index (κ1) is 18.7. The number of benzene rings is 2. The fraction of sp³-hybridized carbons (Fsp3) is 0.0476. The smallest absolute Gasteiger partial charge is 0.283 e. The standard InChI is InChI=1S/C21H17N3O4S/c1-27-18-13-12-17(14-22-18)24-29(25,26)21-19(15-8-4-2-5-9-15)28-20(23-21)16-10-6-3-7-11-16/h2-14,24H,1H3. The molecule has 0 amide bonds. The van der Waals surface area contributed by atoms with Crippen LogP contribution in [-0.2, 0) is 10.0 Å². The molecule has 7 nitrogen and oxygen atoms in total. The zero-order valence-electron chi connectivity index (χ0n) is 15.4. The van der Waals surface area contributed by atoms with Crippen LogP contribution in [0, 0.1) is 0 Å². The van der Waals surface area contributed by atoms with Gasteiger partial charge in [0.05, 0.1) is 19.0 Å². The van der Waals surface area contributed by atoms with Crippen molar-refractivity contribution in [3.63, 3.8) is 0 Å². The lowest BCUT2D eigenvalue weighted by molar-refractivity contribution is 0.398. The molecule has 0 radical (unpaired) electrons. The molecule has 0 saturated heterocycles. The molecule has 0 aliphatic carbocycles. The van der Waals surface area contributed by atoms with Gasteiger partial charge in [-0.15, -0.1) is 0 Å². The summed E-state index contributed by atoms with van der Waals surface area (Å²) in [7, 11) is -2.55. The molecule has 0 aliphatic rings. The Hall–Kier alpha value is -3.65. The number of hydrogen-bond acceptors (Lipinski definition) is 6. The summed E-state index contributed by atoms with van der Waals surface area (Å²) in [4.78, 5) is 8.31. The molecule has 0 fully saturated rings. The van der Waals surface area contributed by atoms with E-state index >= 15 is 0 Å². The highest BCUT2D eigenvalue weighted by molar-refractivity contribution is 7.92. The second kappa shape index (κ2) is 7.76. The van der Waals surface area contributed by atoms with Crippen LogP contribution < -0.4 is 9.46 Å². The summed E-state index contributed by atoms with van der Waals surface area (Å²) in [5.74, 6) is 0.766. The largest absolute Gasteiger partial charge is 0.481 e. The molecule has 0 saturated carbocycles. The van der Waals surface area contributed by atoms with Crippen molar-refractivity contribution in [2.45, 2.75) is 5.03 Å². The Kier molecular flexibility index (Phi) is 5.01. The van der Waals surface area contributed by atoms with Gasteiger partial charge >= 0.3 is 0 Å². The minimum absolute atomic E-state index is 0.165. The molecule has 4 aromatic rings. The zero-order valence-corrected chi connectivity index (χ0v) is 16.3. The minimum atomic E-state index is -4.03. The van der Waals surface area contributed by atoms with Crippen LogP contribution >= 0.6 is 0 Å². The molecular weight excluding hydrogens is 390 g/mol. The van der Waals surface area contributed by atoms with Crippen molar-refractivity contribution in [3.05, 3.63) is 79.0 Å². The molecule has 0 spiro atoms. The number of anilines is 1. The Bertz CT molecular complexity index is 1210. The van der Waals surface area contributed by atoms with Crippen LogP contribution in [0.3, 0.4) is 0 Å². The van der Waals surface area contributed by atoms with Gasteiger partial charge in [-0.25, -0.2) is 4.98 Å². The van der Waals surface area contributed by atoms with Crippen LogP contribution in [0.1, 0.15) is 0 Å². The van der Waals surface area contributed by atoms with E-state index in [0.29, 0.717) is 17.0 Å². The molecule has 0 bridgehead atoms. The summed E-state index contributed by atoms with van der Waals surface area (Å²) >= 11 is 0. The molecular formula is C21H17N3O4S. The van der Waals surface area contributed by atoms with Crippen molar-refractivity contribution in [1.29, 1.82) is 0 Å². The van der Waals surface area contributed by atoms with E-state index in [1.165, 1.54) is 13.3 Å². The van der Waals surface area contributed by atoms with Crippen molar-refractivity contribution in [1.82, 2.24) is 9.97 Å². The van der Waals surface area contributed by atoms with Gasteiger partial charge in [-0.2, -0.15) is 13.4 Å². The summed E-state index contributed by atoms with van der Waals surface area (Å²) < 4.78 is 39.6. The van der Waals surface area contributed by atoms with E-state index in [4.69, 9.17) is 9.15 Å². The molecule has 0 unspecified atom stereocenters. The lowest BCUT2D eigenvalue weighted by Gasteiger charge is -2.07. The van der Waals surface area contributed by atoms with Gasteiger partial charge < -0.3 is 9.15 Å². The summed E-state index contributed by atoms with van der Waals surface area (Å²) in [5.41, 5.74) is 1.57. The first-order valence-electron chi connectivity index (χ1n) is 8.71. The van der Waals surface area contributed by atoms with Crippen molar-refractivity contribution in [2.75, 3.05) is 11.8 Å². The van der Waals surface area contributed by atoms with Crippen LogP contribution in [0.15, 0.2) is 88.4 Å². The van der Waals surface area contributed by atoms with Gasteiger partial charge in [0.25, 0.3) is 10.0 Å². The van der Waals surface area contributed by atoms with E-state index in [-0.39, 0.29) is 22.4 Å². The van der Waals surface area contributed by atoms with Crippen molar-refractivity contribution < 1.29 is 17.6 Å². The lowest BCUT2D eigenvalue weighted by Crippen LogP contribution is -2.14. The fourth-order valence-electron chi connectivity index (χ4n) is 2.73. The van der Waals surface area contributed by atoms with Crippen molar-refractivity contribution >= 4 is 15.7 Å². The summed E-state index contributed by atoms with van der Waals surface area (Å²) in [5, 5.41) is -0.196. The van der Waals surface area contributed by atoms with E-state index in [1.54, 1.807) is 48.5 Å². The average molecular weight is 407 g/mol. The molecule has 4 rings (SSSR count). The SMILES string of the molecule is COc1ccc(NS(=O)(=O)c2nc(-c3ccccc3)oc2-c2ccccc2)cn1. The highest BCUT2D eigenvalue weighted by Crippen LogP contribution is 2.33. The van der Waals surface area contributed by atoms with Gasteiger partial charge in [0.1, 0.15) is 0 Å². The van der Waals surface area contributed by atoms with Gasteiger partial charge in [0.15, 0.2) is 5.76 Å². The third-order valence-electron chi connectivity index (χ3n) is 4.11. The quantitative estimate of drug-likeness (QED) is 0.514. The maximum atomic E-state index is 13.1. The molecule has 2 heterocycles. The van der Waals surface area contributed by atoms with Crippen molar-refractivity contribution in [2.24, 2.45) is 0 Å². The number of rotatable bonds is 6. The third-order valence-corrected chi connectivity index (χ3v) is 5.40. The number of oxazole rings is 1. The average Bonchev–Trinajstić information content (AvgIpc) is 3.22. The zero-order chi connectivity index (χ0) is 20.3. The van der Waals surface area contributed by atoms with Crippen LogP contribution in [0.2, 0.25) is 0 Å². The van der Waals surface area contributed by atoms with Crippen LogP contribution in [0.25, 0.3) is 22.8 Å².